The average Bonchev–Trinajstić information content (AvgIpc) is 2.38. The molecular weight excluding hydrogens is 230 g/mol. The van der Waals surface area contributed by atoms with E-state index in [2.05, 4.69) is 6.92 Å². The van der Waals surface area contributed by atoms with Crippen molar-refractivity contribution in [2.45, 2.75) is 32.6 Å². The quantitative estimate of drug-likeness (QED) is 0.459. The summed E-state index contributed by atoms with van der Waals surface area (Å²) in [6.07, 6.45) is 4.30. The molecule has 0 atom stereocenters. The van der Waals surface area contributed by atoms with E-state index < -0.39 is 0 Å². The van der Waals surface area contributed by atoms with E-state index in [-0.39, 0.29) is 5.97 Å². The maximum atomic E-state index is 11.9. The summed E-state index contributed by atoms with van der Waals surface area (Å²) in [7, 11) is 1.52. The summed E-state index contributed by atoms with van der Waals surface area (Å²) in [5.41, 5.74) is 6.56. The topological polar surface area (TPSA) is 61.5 Å². The normalized spacial score (nSPS) is 10.1. The van der Waals surface area contributed by atoms with E-state index in [0.717, 1.165) is 19.3 Å². The number of benzene rings is 1. The van der Waals surface area contributed by atoms with Crippen LogP contribution in [0.3, 0.4) is 0 Å². The first-order valence-electron chi connectivity index (χ1n) is 6.29. The molecule has 1 aromatic rings. The van der Waals surface area contributed by atoms with E-state index in [4.69, 9.17) is 15.2 Å². The van der Waals surface area contributed by atoms with Crippen LogP contribution in [0, 0.1) is 0 Å². The Kier molecular flexibility index (Phi) is 6.05. The van der Waals surface area contributed by atoms with E-state index in [9.17, 15) is 4.79 Å². The highest BCUT2D eigenvalue weighted by Gasteiger charge is 2.13. The summed E-state index contributed by atoms with van der Waals surface area (Å²) in [5.74, 6) is 0.110. The third kappa shape index (κ3) is 4.28. The number of hydrogen-bond donors (Lipinski definition) is 1. The van der Waals surface area contributed by atoms with Crippen molar-refractivity contribution in [3.05, 3.63) is 23.8 Å². The molecule has 18 heavy (non-hydrogen) atoms. The van der Waals surface area contributed by atoms with Crippen LogP contribution in [0.1, 0.15) is 43.0 Å². The predicted octanol–water partition coefficient (Wildman–Crippen LogP) is 3.01. The minimum Gasteiger partial charge on any atom is -0.496 e. The van der Waals surface area contributed by atoms with Crippen LogP contribution in [0.4, 0.5) is 5.69 Å². The zero-order chi connectivity index (χ0) is 13.4. The lowest BCUT2D eigenvalue weighted by atomic mass is 10.2. The summed E-state index contributed by atoms with van der Waals surface area (Å²) in [4.78, 5) is 11.9. The molecule has 0 aliphatic carbocycles. The van der Waals surface area contributed by atoms with Gasteiger partial charge >= 0.3 is 5.97 Å². The van der Waals surface area contributed by atoms with Gasteiger partial charge in [-0.05, 0) is 24.6 Å². The van der Waals surface area contributed by atoms with Crippen molar-refractivity contribution in [1.29, 1.82) is 0 Å². The van der Waals surface area contributed by atoms with Gasteiger partial charge in [-0.1, -0.05) is 26.2 Å². The van der Waals surface area contributed by atoms with E-state index in [1.165, 1.54) is 13.5 Å². The molecule has 0 amide bonds. The lowest BCUT2D eigenvalue weighted by Crippen LogP contribution is -2.08. The molecule has 100 valence electrons. The number of carbonyl (C=O) groups is 1. The molecule has 4 heteroatoms. The SMILES string of the molecule is CCCCCCOC(=O)c1cc(N)ccc1OC. The Morgan fingerprint density at radius 2 is 2.06 bits per heavy atom. The lowest BCUT2D eigenvalue weighted by Gasteiger charge is -2.09. The largest absolute Gasteiger partial charge is 0.496 e. The molecule has 0 saturated carbocycles. The van der Waals surface area contributed by atoms with Crippen LogP contribution in [-0.4, -0.2) is 19.7 Å². The summed E-state index contributed by atoms with van der Waals surface area (Å²) in [6.45, 7) is 2.58. The fraction of sp³-hybridized carbons (Fsp3) is 0.500. The number of rotatable bonds is 7. The lowest BCUT2D eigenvalue weighted by molar-refractivity contribution is 0.0494. The van der Waals surface area contributed by atoms with Gasteiger partial charge < -0.3 is 15.2 Å². The minimum absolute atomic E-state index is 0.379. The first kappa shape index (κ1) is 14.4. The monoisotopic (exact) mass is 251 g/mol. The van der Waals surface area contributed by atoms with Crippen molar-refractivity contribution in [3.63, 3.8) is 0 Å². The van der Waals surface area contributed by atoms with Gasteiger partial charge in [0.25, 0.3) is 0 Å². The zero-order valence-corrected chi connectivity index (χ0v) is 11.1. The van der Waals surface area contributed by atoms with E-state index in [1.807, 2.05) is 0 Å². The van der Waals surface area contributed by atoms with Crippen molar-refractivity contribution < 1.29 is 14.3 Å². The number of nitrogen functional groups attached to an aromatic ring is 1. The van der Waals surface area contributed by atoms with E-state index >= 15 is 0 Å². The smallest absolute Gasteiger partial charge is 0.341 e. The van der Waals surface area contributed by atoms with Crippen LogP contribution in [0.5, 0.6) is 5.75 Å². The summed E-state index contributed by atoms with van der Waals surface area (Å²) in [6, 6.07) is 4.94. The first-order chi connectivity index (χ1) is 8.69. The Balaban J connectivity index is 2.52. The van der Waals surface area contributed by atoms with Gasteiger partial charge in [0.1, 0.15) is 11.3 Å². The molecule has 2 N–H and O–H groups in total. The summed E-state index contributed by atoms with van der Waals surface area (Å²) in [5, 5.41) is 0. The van der Waals surface area contributed by atoms with Crippen LogP contribution in [0.15, 0.2) is 18.2 Å². The second kappa shape index (κ2) is 7.58. The van der Waals surface area contributed by atoms with Gasteiger partial charge in [-0.2, -0.15) is 0 Å². The van der Waals surface area contributed by atoms with Crippen molar-refractivity contribution >= 4 is 11.7 Å². The Labute approximate surface area is 108 Å². The molecule has 1 rings (SSSR count). The number of nitrogens with two attached hydrogens (primary N) is 1. The van der Waals surface area contributed by atoms with Crippen LogP contribution in [-0.2, 0) is 4.74 Å². The number of anilines is 1. The van der Waals surface area contributed by atoms with Crippen molar-refractivity contribution in [2.75, 3.05) is 19.5 Å². The van der Waals surface area contributed by atoms with Gasteiger partial charge in [0.2, 0.25) is 0 Å². The molecule has 0 spiro atoms. The number of methoxy groups -OCH3 is 1. The van der Waals surface area contributed by atoms with Crippen molar-refractivity contribution in [3.8, 4) is 5.75 Å². The van der Waals surface area contributed by atoms with Gasteiger partial charge in [0, 0.05) is 5.69 Å². The number of carbonyl (C=O) groups excluding carboxylic acids is 1. The second-order valence-corrected chi connectivity index (χ2v) is 4.16. The molecular formula is C14H21NO3. The number of hydrogen-bond acceptors (Lipinski definition) is 4. The highest BCUT2D eigenvalue weighted by molar-refractivity contribution is 5.93. The minimum atomic E-state index is -0.379. The molecule has 4 nitrogen and oxygen atoms in total. The molecule has 0 aliphatic rings. The van der Waals surface area contributed by atoms with Crippen LogP contribution in [0.25, 0.3) is 0 Å². The fourth-order valence-electron chi connectivity index (χ4n) is 1.66. The van der Waals surface area contributed by atoms with Gasteiger partial charge in [0.05, 0.1) is 13.7 Å². The number of ether oxygens (including phenoxy) is 2. The Morgan fingerprint density at radius 3 is 2.72 bits per heavy atom. The molecule has 0 aromatic heterocycles. The highest BCUT2D eigenvalue weighted by Crippen LogP contribution is 2.21. The van der Waals surface area contributed by atoms with Crippen LogP contribution < -0.4 is 10.5 Å². The second-order valence-electron chi connectivity index (χ2n) is 4.16. The van der Waals surface area contributed by atoms with Gasteiger partial charge in [-0.25, -0.2) is 4.79 Å². The zero-order valence-electron chi connectivity index (χ0n) is 11.1. The molecule has 1 aromatic carbocycles. The Morgan fingerprint density at radius 1 is 1.28 bits per heavy atom. The molecule has 0 heterocycles. The standard InChI is InChI=1S/C14H21NO3/c1-3-4-5-6-9-18-14(16)12-10-11(15)7-8-13(12)17-2/h7-8,10H,3-6,9,15H2,1-2H3. The van der Waals surface area contributed by atoms with E-state index in [1.54, 1.807) is 18.2 Å². The highest BCUT2D eigenvalue weighted by atomic mass is 16.5. The molecule has 0 aliphatic heterocycles. The fourth-order valence-corrected chi connectivity index (χ4v) is 1.66. The number of esters is 1. The van der Waals surface area contributed by atoms with Gasteiger partial charge in [-0.3, -0.25) is 0 Å². The Bertz CT molecular complexity index is 391. The Hall–Kier alpha value is -1.71. The van der Waals surface area contributed by atoms with Gasteiger partial charge in [0.15, 0.2) is 0 Å². The van der Waals surface area contributed by atoms with Crippen molar-refractivity contribution in [2.24, 2.45) is 0 Å². The van der Waals surface area contributed by atoms with Crippen molar-refractivity contribution in [1.82, 2.24) is 0 Å². The third-order valence-electron chi connectivity index (χ3n) is 2.67. The summed E-state index contributed by atoms with van der Waals surface area (Å²) >= 11 is 0. The molecule has 0 radical (unpaired) electrons. The summed E-state index contributed by atoms with van der Waals surface area (Å²) < 4.78 is 10.3. The molecule has 0 fully saturated rings. The first-order valence-corrected chi connectivity index (χ1v) is 6.29. The average molecular weight is 251 g/mol. The van der Waals surface area contributed by atoms with Crippen LogP contribution >= 0.6 is 0 Å². The van der Waals surface area contributed by atoms with E-state index in [0.29, 0.717) is 23.6 Å². The number of unbranched alkanes of at least 4 members (excludes halogenated alkanes) is 3. The molecule has 0 unspecified atom stereocenters. The maximum absolute atomic E-state index is 11.9. The third-order valence-corrected chi connectivity index (χ3v) is 2.67. The van der Waals surface area contributed by atoms with Gasteiger partial charge in [-0.15, -0.1) is 0 Å². The maximum Gasteiger partial charge on any atom is 0.341 e. The molecule has 0 bridgehead atoms. The predicted molar refractivity (Wildman–Crippen MR) is 71.8 cm³/mol. The van der Waals surface area contributed by atoms with Crippen LogP contribution in [0.2, 0.25) is 0 Å². The molecule has 0 saturated heterocycles.